The number of phenolic OH excluding ortho intramolecular Hbond substituents is 1. The Kier molecular flexibility index (Phi) is 3.97. The SMILES string of the molecule is O=C1[C@H]2CC=CC[C@H]2C(=O)N1C1CC[C@@]2(O)[C@H]3Cc4ccc(O)c5c4[C@@]2(CCN3CC2CC2)[C@H]1O5. The second-order valence-electron chi connectivity index (χ2n) is 12.1. The monoisotopic (exact) mass is 476 g/mol. The summed E-state index contributed by atoms with van der Waals surface area (Å²) in [5.41, 5.74) is 0.353. The summed E-state index contributed by atoms with van der Waals surface area (Å²) < 4.78 is 6.59. The summed E-state index contributed by atoms with van der Waals surface area (Å²) in [4.78, 5) is 31.2. The number of carbonyl (C=O) groups is 2. The van der Waals surface area contributed by atoms with Crippen LogP contribution in [0.1, 0.15) is 56.1 Å². The molecule has 4 fully saturated rings. The Labute approximate surface area is 204 Å². The lowest BCUT2D eigenvalue weighted by molar-refractivity contribution is -0.201. The average Bonchev–Trinajstić information content (AvgIpc) is 3.54. The van der Waals surface area contributed by atoms with Crippen molar-refractivity contribution in [2.45, 2.75) is 80.6 Å². The number of hydrogen-bond acceptors (Lipinski definition) is 6. The van der Waals surface area contributed by atoms with Crippen molar-refractivity contribution in [1.29, 1.82) is 0 Å². The van der Waals surface area contributed by atoms with Gasteiger partial charge in [0.2, 0.25) is 11.8 Å². The molecule has 0 aromatic heterocycles. The third-order valence-corrected chi connectivity index (χ3v) is 10.6. The number of hydrogen-bond donors (Lipinski definition) is 2. The van der Waals surface area contributed by atoms with Crippen molar-refractivity contribution in [3.05, 3.63) is 35.4 Å². The smallest absolute Gasteiger partial charge is 0.233 e. The number of fused-ring (bicyclic) bond motifs is 1. The summed E-state index contributed by atoms with van der Waals surface area (Å²) in [5, 5.41) is 23.4. The van der Waals surface area contributed by atoms with E-state index in [1.807, 2.05) is 18.2 Å². The lowest BCUT2D eigenvalue weighted by atomic mass is 9.48. The Hall–Kier alpha value is -2.38. The maximum Gasteiger partial charge on any atom is 0.233 e. The van der Waals surface area contributed by atoms with Crippen LogP contribution in [0.4, 0.5) is 0 Å². The summed E-state index contributed by atoms with van der Waals surface area (Å²) in [6.07, 6.45) is 9.78. The second-order valence-corrected chi connectivity index (χ2v) is 12.1. The van der Waals surface area contributed by atoms with Crippen molar-refractivity contribution in [3.63, 3.8) is 0 Å². The Balaban J connectivity index is 1.25. The van der Waals surface area contributed by atoms with Crippen LogP contribution in [-0.2, 0) is 21.4 Å². The predicted molar refractivity (Wildman–Crippen MR) is 126 cm³/mol. The third-order valence-electron chi connectivity index (χ3n) is 10.6. The molecule has 4 aliphatic carbocycles. The van der Waals surface area contributed by atoms with Gasteiger partial charge in [0, 0.05) is 18.2 Å². The molecule has 1 spiro atoms. The number of likely N-dealkylation sites (tertiary alicyclic amines) is 2. The fraction of sp³-hybridized carbons (Fsp3) is 0.643. The number of rotatable bonds is 3. The number of benzene rings is 1. The van der Waals surface area contributed by atoms with E-state index in [1.165, 1.54) is 17.7 Å². The number of allylic oxidation sites excluding steroid dienone is 2. The molecule has 3 aliphatic heterocycles. The molecule has 7 nitrogen and oxygen atoms in total. The van der Waals surface area contributed by atoms with E-state index in [-0.39, 0.29) is 35.4 Å². The second kappa shape index (κ2) is 6.68. The molecule has 8 rings (SSSR count). The number of imide groups is 1. The molecule has 2 amide bonds. The van der Waals surface area contributed by atoms with Crippen molar-refractivity contribution in [2.24, 2.45) is 17.8 Å². The van der Waals surface area contributed by atoms with Gasteiger partial charge in [-0.05, 0) is 75.5 Å². The summed E-state index contributed by atoms with van der Waals surface area (Å²) in [5.74, 6) is 0.552. The zero-order chi connectivity index (χ0) is 23.7. The van der Waals surface area contributed by atoms with Crippen molar-refractivity contribution in [3.8, 4) is 11.5 Å². The first kappa shape index (κ1) is 20.8. The fourth-order valence-electron chi connectivity index (χ4n) is 8.87. The van der Waals surface area contributed by atoms with E-state index in [0.717, 1.165) is 36.6 Å². The molecule has 1 unspecified atom stereocenters. The van der Waals surface area contributed by atoms with Gasteiger partial charge in [0.15, 0.2) is 11.5 Å². The molecule has 1 aromatic carbocycles. The Morgan fingerprint density at radius 1 is 1.03 bits per heavy atom. The van der Waals surface area contributed by atoms with E-state index in [9.17, 15) is 19.8 Å². The minimum atomic E-state index is -1.01. The number of nitrogens with zero attached hydrogens (tertiary/aromatic N) is 2. The number of amides is 2. The molecule has 7 aliphatic rings. The van der Waals surface area contributed by atoms with Crippen molar-refractivity contribution >= 4 is 11.8 Å². The van der Waals surface area contributed by atoms with E-state index >= 15 is 0 Å². The Bertz CT molecular complexity index is 1170. The summed E-state index contributed by atoms with van der Waals surface area (Å²) in [6, 6.07) is 3.26. The van der Waals surface area contributed by atoms with Gasteiger partial charge in [0.1, 0.15) is 6.10 Å². The van der Waals surface area contributed by atoms with Crippen molar-refractivity contribution < 1.29 is 24.5 Å². The number of carbonyl (C=O) groups excluding carboxylic acids is 2. The van der Waals surface area contributed by atoms with E-state index < -0.39 is 23.2 Å². The first-order valence-electron chi connectivity index (χ1n) is 13.4. The van der Waals surface area contributed by atoms with Gasteiger partial charge in [-0.1, -0.05) is 18.2 Å². The van der Waals surface area contributed by atoms with E-state index in [1.54, 1.807) is 6.07 Å². The largest absolute Gasteiger partial charge is 0.504 e. The highest BCUT2D eigenvalue weighted by molar-refractivity contribution is 6.06. The summed E-state index contributed by atoms with van der Waals surface area (Å²) >= 11 is 0. The third kappa shape index (κ3) is 2.40. The van der Waals surface area contributed by atoms with Crippen molar-refractivity contribution in [2.75, 3.05) is 13.1 Å². The molecule has 35 heavy (non-hydrogen) atoms. The van der Waals surface area contributed by atoms with E-state index in [0.29, 0.717) is 37.9 Å². The maximum absolute atomic E-state index is 13.6. The quantitative estimate of drug-likeness (QED) is 0.514. The van der Waals surface area contributed by atoms with Gasteiger partial charge in [0.05, 0.1) is 28.9 Å². The lowest BCUT2D eigenvalue weighted by Gasteiger charge is -2.64. The number of piperidine rings is 1. The first-order chi connectivity index (χ1) is 16.9. The van der Waals surface area contributed by atoms with Gasteiger partial charge in [-0.3, -0.25) is 19.4 Å². The van der Waals surface area contributed by atoms with Gasteiger partial charge >= 0.3 is 0 Å². The van der Waals surface area contributed by atoms with Crippen LogP contribution in [-0.4, -0.2) is 68.7 Å². The molecule has 184 valence electrons. The summed E-state index contributed by atoms with van der Waals surface area (Å²) in [6.45, 7) is 1.89. The lowest BCUT2D eigenvalue weighted by Crippen LogP contribution is -2.78. The van der Waals surface area contributed by atoms with Gasteiger partial charge in [-0.15, -0.1) is 0 Å². The molecule has 7 atom stereocenters. The number of phenols is 1. The fourth-order valence-corrected chi connectivity index (χ4v) is 8.87. The highest BCUT2D eigenvalue weighted by atomic mass is 16.5. The molecule has 2 saturated carbocycles. The van der Waals surface area contributed by atoms with Crippen LogP contribution >= 0.6 is 0 Å². The minimum Gasteiger partial charge on any atom is -0.504 e. The zero-order valence-electron chi connectivity index (χ0n) is 19.9. The molecule has 3 heterocycles. The molecule has 2 N–H and O–H groups in total. The summed E-state index contributed by atoms with van der Waals surface area (Å²) in [7, 11) is 0. The van der Waals surface area contributed by atoms with Crippen LogP contribution in [0.15, 0.2) is 24.3 Å². The van der Waals surface area contributed by atoms with Gasteiger partial charge < -0.3 is 14.9 Å². The molecule has 0 radical (unpaired) electrons. The average molecular weight is 477 g/mol. The topological polar surface area (TPSA) is 90.3 Å². The van der Waals surface area contributed by atoms with Crippen LogP contribution < -0.4 is 4.74 Å². The highest BCUT2D eigenvalue weighted by Crippen LogP contribution is 2.66. The zero-order valence-corrected chi connectivity index (χ0v) is 19.9. The van der Waals surface area contributed by atoms with Gasteiger partial charge in [-0.2, -0.15) is 0 Å². The molecule has 7 heteroatoms. The van der Waals surface area contributed by atoms with Crippen LogP contribution in [0.5, 0.6) is 11.5 Å². The predicted octanol–water partition coefficient (Wildman–Crippen LogP) is 2.28. The first-order valence-corrected chi connectivity index (χ1v) is 13.4. The molecular weight excluding hydrogens is 444 g/mol. The Morgan fingerprint density at radius 3 is 2.49 bits per heavy atom. The maximum atomic E-state index is 13.6. The van der Waals surface area contributed by atoms with Crippen LogP contribution in [0.3, 0.4) is 0 Å². The van der Waals surface area contributed by atoms with Crippen molar-refractivity contribution in [1.82, 2.24) is 9.80 Å². The molecular formula is C28H32N2O5. The van der Waals surface area contributed by atoms with E-state index in [2.05, 4.69) is 4.90 Å². The van der Waals surface area contributed by atoms with Crippen LogP contribution in [0.2, 0.25) is 0 Å². The number of aliphatic hydroxyl groups is 1. The van der Waals surface area contributed by atoms with Gasteiger partial charge in [0.25, 0.3) is 0 Å². The molecule has 2 bridgehead atoms. The van der Waals surface area contributed by atoms with E-state index in [4.69, 9.17) is 4.74 Å². The standard InChI is InChI=1S/C28H32N2O5/c31-20-8-7-16-13-21-28(34)10-9-19(30-25(32)17-3-1-2-4-18(17)26(30)33)24-27(28,22(16)23(20)35-24)11-12-29(21)14-15-5-6-15/h1-2,7-8,15,17-19,21,24,31,34H,3-6,9-14H2/t17-,18+,19?,21-,24+,27+,28-/m1/s1. The van der Waals surface area contributed by atoms with Gasteiger partial charge in [-0.25, -0.2) is 0 Å². The number of aromatic hydroxyl groups is 1. The molecule has 2 saturated heterocycles. The normalized spacial score (nSPS) is 43.2. The van der Waals surface area contributed by atoms with Crippen LogP contribution in [0.25, 0.3) is 0 Å². The highest BCUT2D eigenvalue weighted by Gasteiger charge is 2.74. The Morgan fingerprint density at radius 2 is 1.77 bits per heavy atom. The number of ether oxygens (including phenoxy) is 1. The minimum absolute atomic E-state index is 0.0105. The van der Waals surface area contributed by atoms with Crippen LogP contribution in [0, 0.1) is 17.8 Å². The molecule has 1 aromatic rings.